The normalized spacial score (nSPS) is 17.3. The second-order valence-electron chi connectivity index (χ2n) is 7.32. The predicted octanol–water partition coefficient (Wildman–Crippen LogP) is 4.03. The molecule has 1 aromatic heterocycles. The van der Waals surface area contributed by atoms with Gasteiger partial charge in [0.25, 0.3) is 0 Å². The lowest BCUT2D eigenvalue weighted by Gasteiger charge is -2.31. The van der Waals surface area contributed by atoms with Crippen LogP contribution in [0.15, 0.2) is 47.5 Å². The van der Waals surface area contributed by atoms with Gasteiger partial charge in [-0.2, -0.15) is 17.5 Å². The van der Waals surface area contributed by atoms with Crippen molar-refractivity contribution in [1.82, 2.24) is 14.6 Å². The minimum atomic E-state index is -4.46. The lowest BCUT2D eigenvalue weighted by molar-refractivity contribution is -0.137. The molecule has 31 heavy (non-hydrogen) atoms. The molecular weight excluding hydrogens is 455 g/mol. The van der Waals surface area contributed by atoms with E-state index in [4.69, 9.17) is 11.6 Å². The van der Waals surface area contributed by atoms with Gasteiger partial charge >= 0.3 is 6.18 Å². The molecule has 1 aliphatic rings. The molecule has 0 spiro atoms. The summed E-state index contributed by atoms with van der Waals surface area (Å²) in [6.45, 7) is 1.87. The van der Waals surface area contributed by atoms with E-state index in [0.29, 0.717) is 5.56 Å². The Labute approximate surface area is 183 Å². The Kier molecular flexibility index (Phi) is 6.92. The zero-order valence-corrected chi connectivity index (χ0v) is 18.1. The fourth-order valence-electron chi connectivity index (χ4n) is 3.46. The maximum atomic E-state index is 12.9. The molecule has 168 valence electrons. The largest absolute Gasteiger partial charge is 0.416 e. The molecule has 0 saturated carbocycles. The fourth-order valence-corrected chi connectivity index (χ4v) is 5.36. The van der Waals surface area contributed by atoms with Crippen molar-refractivity contribution in [2.75, 3.05) is 13.1 Å². The van der Waals surface area contributed by atoms with Gasteiger partial charge in [0, 0.05) is 25.2 Å². The first-order valence-corrected chi connectivity index (χ1v) is 11.4. The minimum absolute atomic E-state index is 0.0854. The van der Waals surface area contributed by atoms with Crippen LogP contribution in [0.3, 0.4) is 0 Å². The van der Waals surface area contributed by atoms with Crippen molar-refractivity contribution < 1.29 is 26.4 Å². The highest BCUT2D eigenvalue weighted by atomic mass is 35.5. The summed E-state index contributed by atoms with van der Waals surface area (Å²) in [5.74, 6) is -0.759. The number of aromatic nitrogens is 1. The maximum Gasteiger partial charge on any atom is 0.416 e. The minimum Gasteiger partial charge on any atom is -0.349 e. The zero-order chi connectivity index (χ0) is 22.8. The molecule has 2 aromatic rings. The Morgan fingerprint density at radius 1 is 1.23 bits per heavy atom. The Morgan fingerprint density at radius 3 is 2.52 bits per heavy atom. The summed E-state index contributed by atoms with van der Waals surface area (Å²) in [5, 5.41) is 2.62. The number of hydrogen-bond donors (Lipinski definition) is 1. The molecule has 0 radical (unpaired) electrons. The van der Waals surface area contributed by atoms with Gasteiger partial charge < -0.3 is 5.32 Å². The van der Waals surface area contributed by atoms with Crippen molar-refractivity contribution in [1.29, 1.82) is 0 Å². The monoisotopic (exact) mass is 475 g/mol. The summed E-state index contributed by atoms with van der Waals surface area (Å²) in [6.07, 6.45) is -2.49. The highest BCUT2D eigenvalue weighted by molar-refractivity contribution is 7.89. The zero-order valence-electron chi connectivity index (χ0n) is 16.6. The van der Waals surface area contributed by atoms with Crippen LogP contribution in [-0.2, 0) is 21.0 Å². The Hall–Kier alpha value is -2.17. The summed E-state index contributed by atoms with van der Waals surface area (Å²) < 4.78 is 65.5. The predicted molar refractivity (Wildman–Crippen MR) is 109 cm³/mol. The summed E-state index contributed by atoms with van der Waals surface area (Å²) in [6, 6.07) is 7.04. The van der Waals surface area contributed by atoms with E-state index in [0.717, 1.165) is 12.1 Å². The van der Waals surface area contributed by atoms with Gasteiger partial charge in [-0.25, -0.2) is 13.4 Å². The molecule has 1 fully saturated rings. The van der Waals surface area contributed by atoms with Crippen LogP contribution >= 0.6 is 11.6 Å². The second kappa shape index (κ2) is 9.13. The van der Waals surface area contributed by atoms with Gasteiger partial charge in [-0.15, -0.1) is 0 Å². The topological polar surface area (TPSA) is 79.4 Å². The van der Waals surface area contributed by atoms with E-state index >= 15 is 0 Å². The first kappa shape index (κ1) is 23.5. The van der Waals surface area contributed by atoms with E-state index in [9.17, 15) is 26.4 Å². The quantitative estimate of drug-likeness (QED) is 0.662. The van der Waals surface area contributed by atoms with Gasteiger partial charge in [-0.1, -0.05) is 23.7 Å². The SMILES string of the molecule is CC(NC(=O)C1CCN(S(=O)(=O)c2cccnc2Cl)CC1)c1cccc(C(F)(F)F)c1. The van der Waals surface area contributed by atoms with E-state index in [1.54, 1.807) is 6.92 Å². The number of benzene rings is 1. The summed E-state index contributed by atoms with van der Waals surface area (Å²) in [5.41, 5.74) is -0.437. The van der Waals surface area contributed by atoms with Crippen LogP contribution in [0.25, 0.3) is 0 Å². The molecule has 0 aliphatic carbocycles. The molecular formula is C20H21ClF3N3O3S. The van der Waals surface area contributed by atoms with E-state index in [1.165, 1.54) is 34.8 Å². The average molecular weight is 476 g/mol. The van der Waals surface area contributed by atoms with Crippen molar-refractivity contribution in [2.45, 2.75) is 36.9 Å². The van der Waals surface area contributed by atoms with Crippen LogP contribution in [0.2, 0.25) is 5.15 Å². The number of sulfonamides is 1. The number of hydrogen-bond acceptors (Lipinski definition) is 4. The third-order valence-electron chi connectivity index (χ3n) is 5.24. The number of pyridine rings is 1. The van der Waals surface area contributed by atoms with E-state index in [-0.39, 0.29) is 41.9 Å². The van der Waals surface area contributed by atoms with Crippen molar-refractivity contribution in [3.63, 3.8) is 0 Å². The van der Waals surface area contributed by atoms with Gasteiger partial charge in [0.2, 0.25) is 15.9 Å². The molecule has 6 nitrogen and oxygen atoms in total. The van der Waals surface area contributed by atoms with Gasteiger partial charge in [0.15, 0.2) is 0 Å². The van der Waals surface area contributed by atoms with Crippen LogP contribution in [0.1, 0.15) is 36.9 Å². The molecule has 1 atom stereocenters. The molecule has 0 bridgehead atoms. The number of piperidine rings is 1. The third kappa shape index (κ3) is 5.36. The maximum absolute atomic E-state index is 12.9. The van der Waals surface area contributed by atoms with Crippen molar-refractivity contribution in [2.24, 2.45) is 5.92 Å². The molecule has 1 saturated heterocycles. The van der Waals surface area contributed by atoms with Crippen LogP contribution in [0.4, 0.5) is 13.2 Å². The Balaban J connectivity index is 1.61. The number of carbonyl (C=O) groups is 1. The Bertz CT molecular complexity index is 1050. The van der Waals surface area contributed by atoms with Crippen LogP contribution in [0.5, 0.6) is 0 Å². The number of nitrogens with one attached hydrogen (secondary N) is 1. The molecule has 3 rings (SSSR count). The van der Waals surface area contributed by atoms with E-state index in [2.05, 4.69) is 10.3 Å². The standard InChI is InChI=1S/C20H21ClF3N3O3S/c1-13(15-4-2-5-16(12-15)20(22,23)24)26-19(28)14-7-10-27(11-8-14)31(29,30)17-6-3-9-25-18(17)21/h2-6,9,12-14H,7-8,10-11H2,1H3,(H,26,28). The summed E-state index contributed by atoms with van der Waals surface area (Å²) in [4.78, 5) is 16.3. The third-order valence-corrected chi connectivity index (χ3v) is 7.58. The van der Waals surface area contributed by atoms with Crippen LogP contribution in [0, 0.1) is 5.92 Å². The first-order valence-electron chi connectivity index (χ1n) is 9.58. The van der Waals surface area contributed by atoms with E-state index in [1.807, 2.05) is 0 Å². The van der Waals surface area contributed by atoms with Crippen LogP contribution in [-0.4, -0.2) is 36.7 Å². The van der Waals surface area contributed by atoms with Crippen molar-refractivity contribution in [3.8, 4) is 0 Å². The molecule has 1 aliphatic heterocycles. The van der Waals surface area contributed by atoms with Gasteiger partial charge in [-0.05, 0) is 49.6 Å². The number of halogens is 4. The highest BCUT2D eigenvalue weighted by Crippen LogP contribution is 2.31. The Morgan fingerprint density at radius 2 is 1.90 bits per heavy atom. The smallest absolute Gasteiger partial charge is 0.349 e. The number of amides is 1. The molecule has 1 N–H and O–H groups in total. The lowest BCUT2D eigenvalue weighted by Crippen LogP contribution is -2.43. The van der Waals surface area contributed by atoms with Crippen molar-refractivity contribution in [3.05, 3.63) is 58.9 Å². The second-order valence-corrected chi connectivity index (χ2v) is 9.59. The summed E-state index contributed by atoms with van der Waals surface area (Å²) >= 11 is 5.91. The van der Waals surface area contributed by atoms with E-state index < -0.39 is 33.7 Å². The average Bonchev–Trinajstić information content (AvgIpc) is 2.73. The van der Waals surface area contributed by atoms with Crippen LogP contribution < -0.4 is 5.32 Å². The molecule has 1 aromatic carbocycles. The first-order chi connectivity index (χ1) is 14.5. The number of carbonyl (C=O) groups excluding carboxylic acids is 1. The molecule has 11 heteroatoms. The molecule has 1 unspecified atom stereocenters. The number of nitrogens with zero attached hydrogens (tertiary/aromatic N) is 2. The molecule has 1 amide bonds. The molecule has 2 heterocycles. The van der Waals surface area contributed by atoms with Gasteiger partial charge in [0.05, 0.1) is 11.6 Å². The van der Waals surface area contributed by atoms with Gasteiger partial charge in [-0.3, -0.25) is 4.79 Å². The number of alkyl halides is 3. The van der Waals surface area contributed by atoms with Crippen molar-refractivity contribution >= 4 is 27.5 Å². The summed E-state index contributed by atoms with van der Waals surface area (Å²) in [7, 11) is -3.83. The number of rotatable bonds is 5. The van der Waals surface area contributed by atoms with Gasteiger partial charge in [0.1, 0.15) is 10.0 Å². The highest BCUT2D eigenvalue weighted by Gasteiger charge is 2.34. The lowest BCUT2D eigenvalue weighted by atomic mass is 9.96. The fraction of sp³-hybridized carbons (Fsp3) is 0.400.